The molecule has 0 N–H and O–H groups in total. The maximum atomic E-state index is 4.32. The van der Waals surface area contributed by atoms with Gasteiger partial charge in [0, 0.05) is 12.4 Å². The van der Waals surface area contributed by atoms with E-state index in [0.29, 0.717) is 0 Å². The van der Waals surface area contributed by atoms with Gasteiger partial charge in [-0.3, -0.25) is 4.99 Å². The van der Waals surface area contributed by atoms with Crippen LogP contribution in [0.3, 0.4) is 0 Å². The first-order valence-corrected chi connectivity index (χ1v) is 8.61. The Morgan fingerprint density at radius 2 is 1.52 bits per heavy atom. The molecule has 0 saturated heterocycles. The zero-order valence-corrected chi connectivity index (χ0v) is 14.5. The average molecular weight is 290 g/mol. The van der Waals surface area contributed by atoms with Crippen molar-refractivity contribution < 1.29 is 0 Å². The summed E-state index contributed by atoms with van der Waals surface area (Å²) in [7, 11) is 0. The van der Waals surface area contributed by atoms with Crippen LogP contribution in [0.15, 0.2) is 42.1 Å². The van der Waals surface area contributed by atoms with Gasteiger partial charge in [-0.1, -0.05) is 91.0 Å². The SMILES string of the molecule is C=CC=N/C=C(\C=C)C(C)(CCCCC)CCCCCC. The molecule has 0 aliphatic heterocycles. The highest BCUT2D eigenvalue weighted by molar-refractivity contribution is 5.70. The van der Waals surface area contributed by atoms with Crippen LogP contribution in [0.5, 0.6) is 0 Å². The van der Waals surface area contributed by atoms with E-state index in [1.165, 1.54) is 63.4 Å². The van der Waals surface area contributed by atoms with Gasteiger partial charge in [-0.25, -0.2) is 0 Å². The Morgan fingerprint density at radius 3 is 2.05 bits per heavy atom. The van der Waals surface area contributed by atoms with Crippen molar-refractivity contribution in [3.8, 4) is 0 Å². The van der Waals surface area contributed by atoms with Gasteiger partial charge in [0.25, 0.3) is 0 Å². The quantitative estimate of drug-likeness (QED) is 0.199. The van der Waals surface area contributed by atoms with E-state index in [-0.39, 0.29) is 5.41 Å². The first-order chi connectivity index (χ1) is 10.1. The number of rotatable bonds is 13. The Hall–Kier alpha value is -1.11. The van der Waals surface area contributed by atoms with Crippen molar-refractivity contribution in [1.82, 2.24) is 0 Å². The van der Waals surface area contributed by atoms with E-state index >= 15 is 0 Å². The molecule has 0 aliphatic rings. The first kappa shape index (κ1) is 19.9. The lowest BCUT2D eigenvalue weighted by Gasteiger charge is -2.31. The van der Waals surface area contributed by atoms with E-state index in [9.17, 15) is 0 Å². The topological polar surface area (TPSA) is 12.4 Å². The van der Waals surface area contributed by atoms with Crippen molar-refractivity contribution in [2.75, 3.05) is 0 Å². The summed E-state index contributed by atoms with van der Waals surface area (Å²) in [6.07, 6.45) is 19.0. The first-order valence-electron chi connectivity index (χ1n) is 8.61. The third-order valence-electron chi connectivity index (χ3n) is 4.24. The van der Waals surface area contributed by atoms with E-state index < -0.39 is 0 Å². The van der Waals surface area contributed by atoms with E-state index in [1.54, 1.807) is 12.3 Å². The Balaban J connectivity index is 4.87. The molecule has 0 heterocycles. The predicted octanol–water partition coefficient (Wildman–Crippen LogP) is 6.87. The largest absolute Gasteiger partial charge is 0.264 e. The highest BCUT2D eigenvalue weighted by Gasteiger charge is 2.26. The summed E-state index contributed by atoms with van der Waals surface area (Å²) < 4.78 is 0. The molecule has 120 valence electrons. The molecular weight excluding hydrogens is 254 g/mol. The monoisotopic (exact) mass is 289 g/mol. The van der Waals surface area contributed by atoms with Crippen LogP contribution in [0.25, 0.3) is 0 Å². The minimum atomic E-state index is 0.211. The number of unbranched alkanes of at least 4 members (excludes halogenated alkanes) is 5. The molecule has 1 nitrogen and oxygen atoms in total. The molecule has 0 aromatic rings. The predicted molar refractivity (Wildman–Crippen MR) is 98.0 cm³/mol. The minimum absolute atomic E-state index is 0.211. The Labute approximate surface area is 132 Å². The standard InChI is InChI=1S/C20H35N/c1-6-10-12-14-16-20(5,15-13-11-7-2)19(9-4)18-21-17-8-3/h8-9,17-18H,3-4,6-7,10-16H2,1-2,5H3/b19-18+,21-17?. The fraction of sp³-hybridized carbons (Fsp3) is 0.650. The summed E-state index contributed by atoms with van der Waals surface area (Å²) in [4.78, 5) is 4.32. The molecule has 0 amide bonds. The molecule has 0 fully saturated rings. The molecule has 0 saturated carbocycles. The molecule has 0 rings (SSSR count). The maximum Gasteiger partial charge on any atom is 0.0305 e. The van der Waals surface area contributed by atoms with E-state index in [4.69, 9.17) is 0 Å². The average Bonchev–Trinajstić information content (AvgIpc) is 2.48. The molecule has 21 heavy (non-hydrogen) atoms. The Bertz CT molecular complexity index is 338. The zero-order chi connectivity index (χ0) is 16.0. The summed E-state index contributed by atoms with van der Waals surface area (Å²) in [5.41, 5.74) is 1.48. The van der Waals surface area contributed by atoms with E-state index in [2.05, 4.69) is 38.9 Å². The number of aliphatic imine (C=N–C) groups is 1. The normalized spacial score (nSPS) is 15.1. The maximum absolute atomic E-state index is 4.32. The zero-order valence-electron chi connectivity index (χ0n) is 14.5. The number of allylic oxidation sites excluding steroid dienone is 3. The molecule has 0 spiro atoms. The fourth-order valence-electron chi connectivity index (χ4n) is 2.76. The van der Waals surface area contributed by atoms with Crippen LogP contribution < -0.4 is 0 Å². The molecule has 0 aliphatic carbocycles. The smallest absolute Gasteiger partial charge is 0.0305 e. The van der Waals surface area contributed by atoms with Crippen molar-refractivity contribution in [3.63, 3.8) is 0 Å². The third kappa shape index (κ3) is 8.70. The van der Waals surface area contributed by atoms with E-state index in [0.717, 1.165) is 0 Å². The summed E-state index contributed by atoms with van der Waals surface area (Å²) in [6.45, 7) is 14.6. The van der Waals surface area contributed by atoms with Gasteiger partial charge in [-0.2, -0.15) is 0 Å². The highest BCUT2D eigenvalue weighted by atomic mass is 14.7. The number of hydrogen-bond acceptors (Lipinski definition) is 1. The van der Waals surface area contributed by atoms with Gasteiger partial charge in [0.05, 0.1) is 0 Å². The van der Waals surface area contributed by atoms with Crippen LogP contribution >= 0.6 is 0 Å². The van der Waals surface area contributed by atoms with Gasteiger partial charge >= 0.3 is 0 Å². The summed E-state index contributed by atoms with van der Waals surface area (Å²) >= 11 is 0. The van der Waals surface area contributed by atoms with Gasteiger partial charge in [0.15, 0.2) is 0 Å². The molecule has 1 heteroatoms. The highest BCUT2D eigenvalue weighted by Crippen LogP contribution is 2.39. The van der Waals surface area contributed by atoms with Crippen LogP contribution in [-0.2, 0) is 0 Å². The Kier molecular flexibility index (Phi) is 12.0. The second kappa shape index (κ2) is 12.6. The van der Waals surface area contributed by atoms with Gasteiger partial charge in [0.2, 0.25) is 0 Å². The molecule has 0 aromatic carbocycles. The van der Waals surface area contributed by atoms with Crippen molar-refractivity contribution >= 4 is 6.21 Å². The molecule has 0 radical (unpaired) electrons. The number of hydrogen-bond donors (Lipinski definition) is 0. The van der Waals surface area contributed by atoms with Crippen LogP contribution in [0.4, 0.5) is 0 Å². The molecule has 1 unspecified atom stereocenters. The van der Waals surface area contributed by atoms with Crippen LogP contribution in [0, 0.1) is 5.41 Å². The van der Waals surface area contributed by atoms with E-state index in [1.807, 2.05) is 12.3 Å². The number of nitrogens with zero attached hydrogens (tertiary/aromatic N) is 1. The van der Waals surface area contributed by atoms with Gasteiger partial charge < -0.3 is 0 Å². The molecular formula is C20H35N. The molecule has 0 aromatic heterocycles. The summed E-state index contributed by atoms with van der Waals surface area (Å²) in [5.74, 6) is 0. The van der Waals surface area contributed by atoms with Crippen LogP contribution in [-0.4, -0.2) is 6.21 Å². The fourth-order valence-corrected chi connectivity index (χ4v) is 2.76. The molecule has 1 atom stereocenters. The van der Waals surface area contributed by atoms with Crippen molar-refractivity contribution in [2.24, 2.45) is 10.4 Å². The lowest BCUT2D eigenvalue weighted by molar-refractivity contribution is 0.314. The van der Waals surface area contributed by atoms with Crippen LogP contribution in [0.2, 0.25) is 0 Å². The minimum Gasteiger partial charge on any atom is -0.264 e. The van der Waals surface area contributed by atoms with Crippen molar-refractivity contribution in [3.05, 3.63) is 37.1 Å². The molecule has 0 bridgehead atoms. The second-order valence-corrected chi connectivity index (χ2v) is 6.15. The summed E-state index contributed by atoms with van der Waals surface area (Å²) in [6, 6.07) is 0. The lowest BCUT2D eigenvalue weighted by Crippen LogP contribution is -2.18. The van der Waals surface area contributed by atoms with Gasteiger partial charge in [-0.15, -0.1) is 0 Å². The lowest BCUT2D eigenvalue weighted by atomic mass is 9.74. The Morgan fingerprint density at radius 1 is 0.952 bits per heavy atom. The van der Waals surface area contributed by atoms with Gasteiger partial charge in [0.1, 0.15) is 0 Å². The van der Waals surface area contributed by atoms with Crippen molar-refractivity contribution in [2.45, 2.75) is 78.6 Å². The third-order valence-corrected chi connectivity index (χ3v) is 4.24. The van der Waals surface area contributed by atoms with Crippen molar-refractivity contribution in [1.29, 1.82) is 0 Å². The second-order valence-electron chi connectivity index (χ2n) is 6.15. The van der Waals surface area contributed by atoms with Crippen LogP contribution in [0.1, 0.15) is 78.6 Å². The van der Waals surface area contributed by atoms with Gasteiger partial charge in [-0.05, 0) is 23.8 Å². The summed E-state index contributed by atoms with van der Waals surface area (Å²) in [5, 5.41) is 0.